The van der Waals surface area contributed by atoms with E-state index in [4.69, 9.17) is 23.2 Å². The first-order valence-electron chi connectivity index (χ1n) is 5.68. The molecule has 1 unspecified atom stereocenters. The summed E-state index contributed by atoms with van der Waals surface area (Å²) in [6.07, 6.45) is 0. The monoisotopic (exact) mass is 359 g/mol. The highest BCUT2D eigenvalue weighted by atomic mass is 79.9. The topological polar surface area (TPSA) is 32.3 Å². The van der Waals surface area contributed by atoms with Crippen molar-refractivity contribution in [3.05, 3.63) is 62.5 Å². The molecule has 0 heterocycles. The first kappa shape index (κ1) is 14.7. The van der Waals surface area contributed by atoms with Crippen molar-refractivity contribution in [3.8, 4) is 0 Å². The van der Waals surface area contributed by atoms with Crippen LogP contribution in [0.15, 0.2) is 46.9 Å². The van der Waals surface area contributed by atoms with Crippen LogP contribution in [0.25, 0.3) is 0 Å². The third kappa shape index (κ3) is 3.63. The highest BCUT2D eigenvalue weighted by Crippen LogP contribution is 2.29. The van der Waals surface area contributed by atoms with Crippen molar-refractivity contribution in [1.82, 2.24) is 0 Å². The first-order chi connectivity index (χ1) is 9.11. The summed E-state index contributed by atoms with van der Waals surface area (Å²) >= 11 is 15.4. The van der Waals surface area contributed by atoms with E-state index in [1.807, 2.05) is 30.3 Å². The molecule has 0 fully saturated rings. The van der Waals surface area contributed by atoms with Gasteiger partial charge in [0.25, 0.3) is 0 Å². The van der Waals surface area contributed by atoms with Gasteiger partial charge in [0, 0.05) is 10.2 Å². The number of halogens is 3. The number of aliphatic hydroxyl groups excluding tert-OH is 1. The molecule has 2 nitrogen and oxygen atoms in total. The lowest BCUT2D eigenvalue weighted by Crippen LogP contribution is -2.15. The van der Waals surface area contributed by atoms with E-state index in [0.717, 1.165) is 15.7 Å². The Morgan fingerprint density at radius 3 is 2.47 bits per heavy atom. The predicted octanol–water partition coefficient (Wildman–Crippen LogP) is 4.90. The fraction of sp³-hybridized carbons (Fsp3) is 0.143. The predicted molar refractivity (Wildman–Crippen MR) is 84.1 cm³/mol. The zero-order chi connectivity index (χ0) is 13.8. The Morgan fingerprint density at radius 1 is 1.11 bits per heavy atom. The molecule has 0 saturated carbocycles. The molecule has 0 aromatic heterocycles. The Bertz CT molecular complexity index is 577. The number of hydrogen-bond donors (Lipinski definition) is 2. The van der Waals surface area contributed by atoms with Crippen molar-refractivity contribution in [2.75, 3.05) is 11.9 Å². The van der Waals surface area contributed by atoms with Gasteiger partial charge in [-0.25, -0.2) is 0 Å². The molecule has 2 aromatic carbocycles. The van der Waals surface area contributed by atoms with Crippen LogP contribution in [0, 0.1) is 0 Å². The van der Waals surface area contributed by atoms with E-state index in [-0.39, 0.29) is 12.6 Å². The fourth-order valence-corrected chi connectivity index (χ4v) is 2.44. The second-order valence-corrected chi connectivity index (χ2v) is 5.70. The summed E-state index contributed by atoms with van der Waals surface area (Å²) in [6.45, 7) is -0.0424. The number of anilines is 1. The Kier molecular flexibility index (Phi) is 5.11. The van der Waals surface area contributed by atoms with Crippen LogP contribution < -0.4 is 5.32 Å². The van der Waals surface area contributed by atoms with Gasteiger partial charge in [-0.15, -0.1) is 0 Å². The van der Waals surface area contributed by atoms with Crippen molar-refractivity contribution >= 4 is 44.8 Å². The number of hydrogen-bond acceptors (Lipinski definition) is 2. The molecule has 1 atom stereocenters. The Hall–Kier alpha value is -0.740. The Morgan fingerprint density at radius 2 is 1.84 bits per heavy atom. The van der Waals surface area contributed by atoms with Crippen LogP contribution in [0.3, 0.4) is 0 Å². The molecule has 100 valence electrons. The molecule has 2 aromatic rings. The van der Waals surface area contributed by atoms with Gasteiger partial charge in [0.05, 0.1) is 22.7 Å². The molecular formula is C14H12BrCl2NO. The summed E-state index contributed by atoms with van der Waals surface area (Å²) in [5.41, 5.74) is 1.79. The van der Waals surface area contributed by atoms with Crippen LogP contribution in [0.5, 0.6) is 0 Å². The number of benzene rings is 2. The van der Waals surface area contributed by atoms with E-state index in [1.54, 1.807) is 12.1 Å². The zero-order valence-electron chi connectivity index (χ0n) is 9.91. The van der Waals surface area contributed by atoms with Crippen molar-refractivity contribution in [1.29, 1.82) is 0 Å². The largest absolute Gasteiger partial charge is 0.394 e. The van der Waals surface area contributed by atoms with Gasteiger partial charge in [0.1, 0.15) is 0 Å². The third-order valence-corrected chi connectivity index (χ3v) is 4.16. The lowest BCUT2D eigenvalue weighted by atomic mass is 10.1. The van der Waals surface area contributed by atoms with Gasteiger partial charge in [0.2, 0.25) is 0 Å². The minimum atomic E-state index is -0.242. The maximum atomic E-state index is 9.54. The summed E-state index contributed by atoms with van der Waals surface area (Å²) in [7, 11) is 0. The number of aliphatic hydroxyl groups is 1. The third-order valence-electron chi connectivity index (χ3n) is 2.73. The lowest BCUT2D eigenvalue weighted by molar-refractivity contribution is 0.276. The minimum Gasteiger partial charge on any atom is -0.394 e. The summed E-state index contributed by atoms with van der Waals surface area (Å²) < 4.78 is 0.938. The standard InChI is InChI=1S/C14H12BrCl2NO/c15-10-3-1-2-4-13(10)18-14(8-19)9-5-6-11(16)12(17)7-9/h1-7,14,18-19H,8H2. The van der Waals surface area contributed by atoms with Gasteiger partial charge in [-0.05, 0) is 45.8 Å². The van der Waals surface area contributed by atoms with Crippen molar-refractivity contribution in [2.45, 2.75) is 6.04 Å². The van der Waals surface area contributed by atoms with Gasteiger partial charge in [0.15, 0.2) is 0 Å². The second kappa shape index (κ2) is 6.62. The van der Waals surface area contributed by atoms with Crippen molar-refractivity contribution < 1.29 is 5.11 Å². The number of para-hydroxylation sites is 1. The molecular weight excluding hydrogens is 349 g/mol. The fourth-order valence-electron chi connectivity index (χ4n) is 1.73. The molecule has 0 aliphatic carbocycles. The molecule has 5 heteroatoms. The maximum Gasteiger partial charge on any atom is 0.0745 e. The molecule has 2 N–H and O–H groups in total. The van der Waals surface area contributed by atoms with Crippen molar-refractivity contribution in [3.63, 3.8) is 0 Å². The molecule has 0 radical (unpaired) electrons. The molecule has 2 rings (SSSR count). The van der Waals surface area contributed by atoms with Gasteiger partial charge < -0.3 is 10.4 Å². The molecule has 0 aliphatic rings. The minimum absolute atomic E-state index is 0.0424. The van der Waals surface area contributed by atoms with Gasteiger partial charge in [-0.3, -0.25) is 0 Å². The van der Waals surface area contributed by atoms with Crippen LogP contribution in [0.2, 0.25) is 10.0 Å². The van der Waals surface area contributed by atoms with E-state index in [2.05, 4.69) is 21.2 Å². The van der Waals surface area contributed by atoms with Crippen molar-refractivity contribution in [2.24, 2.45) is 0 Å². The van der Waals surface area contributed by atoms with Crippen LogP contribution in [-0.2, 0) is 0 Å². The first-order valence-corrected chi connectivity index (χ1v) is 7.23. The molecule has 0 amide bonds. The van der Waals surface area contributed by atoms with E-state index in [1.165, 1.54) is 0 Å². The highest BCUT2D eigenvalue weighted by Gasteiger charge is 2.13. The smallest absolute Gasteiger partial charge is 0.0745 e. The van der Waals surface area contributed by atoms with Crippen LogP contribution >= 0.6 is 39.1 Å². The average molecular weight is 361 g/mol. The maximum absolute atomic E-state index is 9.54. The zero-order valence-corrected chi connectivity index (χ0v) is 13.0. The lowest BCUT2D eigenvalue weighted by Gasteiger charge is -2.19. The molecule has 0 aliphatic heterocycles. The van der Waals surface area contributed by atoms with Crippen LogP contribution in [-0.4, -0.2) is 11.7 Å². The summed E-state index contributed by atoms with van der Waals surface area (Å²) in [5.74, 6) is 0. The molecule has 0 spiro atoms. The average Bonchev–Trinajstić information content (AvgIpc) is 2.41. The van der Waals surface area contributed by atoms with E-state index < -0.39 is 0 Å². The van der Waals surface area contributed by atoms with Gasteiger partial charge in [-0.2, -0.15) is 0 Å². The quantitative estimate of drug-likeness (QED) is 0.812. The van der Waals surface area contributed by atoms with E-state index in [9.17, 15) is 5.11 Å². The summed E-state index contributed by atoms with van der Waals surface area (Å²) in [4.78, 5) is 0. The van der Waals surface area contributed by atoms with Crippen LogP contribution in [0.4, 0.5) is 5.69 Å². The number of rotatable bonds is 4. The SMILES string of the molecule is OCC(Nc1ccccc1Br)c1ccc(Cl)c(Cl)c1. The van der Waals surface area contributed by atoms with E-state index >= 15 is 0 Å². The second-order valence-electron chi connectivity index (χ2n) is 4.03. The Labute approximate surface area is 130 Å². The molecule has 0 saturated heterocycles. The normalized spacial score (nSPS) is 12.2. The summed E-state index contributed by atoms with van der Waals surface area (Å²) in [6, 6.07) is 12.8. The van der Waals surface area contributed by atoms with Gasteiger partial charge >= 0.3 is 0 Å². The summed E-state index contributed by atoms with van der Waals surface area (Å²) in [5, 5.41) is 13.8. The molecule has 0 bridgehead atoms. The highest BCUT2D eigenvalue weighted by molar-refractivity contribution is 9.10. The van der Waals surface area contributed by atoms with Gasteiger partial charge in [-0.1, -0.05) is 41.4 Å². The number of nitrogens with one attached hydrogen (secondary N) is 1. The Balaban J connectivity index is 2.25. The van der Waals surface area contributed by atoms with E-state index in [0.29, 0.717) is 10.0 Å². The van der Waals surface area contributed by atoms with Crippen LogP contribution in [0.1, 0.15) is 11.6 Å². The molecule has 19 heavy (non-hydrogen) atoms.